The van der Waals surface area contributed by atoms with Gasteiger partial charge >= 0.3 is 0 Å². The van der Waals surface area contributed by atoms with Crippen molar-refractivity contribution in [1.82, 2.24) is 19.8 Å². The van der Waals surface area contributed by atoms with Gasteiger partial charge in [0.15, 0.2) is 0 Å². The molecular weight excluding hydrogens is 438 g/mol. The van der Waals surface area contributed by atoms with Crippen LogP contribution in [0.4, 0.5) is 5.69 Å². The van der Waals surface area contributed by atoms with E-state index in [2.05, 4.69) is 26.2 Å². The third kappa shape index (κ3) is 5.92. The van der Waals surface area contributed by atoms with Gasteiger partial charge in [-0.15, -0.1) is 0 Å². The summed E-state index contributed by atoms with van der Waals surface area (Å²) in [6.45, 7) is 7.59. The Kier molecular flexibility index (Phi) is 7.62. The molecule has 0 spiro atoms. The minimum absolute atomic E-state index is 0.0359. The number of aryl methyl sites for hydroxylation is 2. The van der Waals surface area contributed by atoms with Crippen molar-refractivity contribution < 1.29 is 4.79 Å². The fourth-order valence-electron chi connectivity index (χ4n) is 4.28. The van der Waals surface area contributed by atoms with Crippen molar-refractivity contribution in [3.63, 3.8) is 0 Å². The zero-order valence-corrected chi connectivity index (χ0v) is 19.7. The van der Waals surface area contributed by atoms with Crippen LogP contribution in [0.1, 0.15) is 18.5 Å². The Morgan fingerprint density at radius 1 is 1.06 bits per heavy atom. The molecule has 0 unspecified atom stereocenters. The molecule has 1 aromatic heterocycles. The highest BCUT2D eigenvalue weighted by Crippen LogP contribution is 2.20. The molecule has 0 aliphatic carbocycles. The number of anilines is 1. The first-order valence-corrected chi connectivity index (χ1v) is 11.8. The van der Waals surface area contributed by atoms with Crippen molar-refractivity contribution >= 4 is 34.2 Å². The summed E-state index contributed by atoms with van der Waals surface area (Å²) in [6.07, 6.45) is 1.17. The van der Waals surface area contributed by atoms with Gasteiger partial charge in [0.25, 0.3) is 5.56 Å². The maximum Gasteiger partial charge on any atom is 0.272 e. The van der Waals surface area contributed by atoms with Gasteiger partial charge in [-0.2, -0.15) is 0 Å². The number of aromatic nitrogens is 2. The Labute approximate surface area is 199 Å². The van der Waals surface area contributed by atoms with Gasteiger partial charge in [0, 0.05) is 56.4 Å². The lowest BCUT2D eigenvalue weighted by Gasteiger charge is -2.36. The number of carbonyl (C=O) groups is 1. The molecule has 8 heteroatoms. The lowest BCUT2D eigenvalue weighted by molar-refractivity contribution is -0.121. The molecule has 174 valence electrons. The van der Waals surface area contributed by atoms with Crippen LogP contribution in [-0.2, 0) is 11.3 Å². The van der Waals surface area contributed by atoms with E-state index in [0.717, 1.165) is 55.2 Å². The first-order valence-electron chi connectivity index (χ1n) is 11.5. The van der Waals surface area contributed by atoms with Crippen LogP contribution >= 0.6 is 11.6 Å². The van der Waals surface area contributed by atoms with Gasteiger partial charge in [-0.1, -0.05) is 29.8 Å². The number of benzene rings is 2. The molecule has 1 fully saturated rings. The summed E-state index contributed by atoms with van der Waals surface area (Å²) in [5, 5.41) is 3.76. The Morgan fingerprint density at radius 2 is 1.85 bits per heavy atom. The van der Waals surface area contributed by atoms with E-state index >= 15 is 0 Å². The minimum atomic E-state index is -0.140. The molecule has 7 nitrogen and oxygen atoms in total. The van der Waals surface area contributed by atoms with Gasteiger partial charge in [-0.25, -0.2) is 4.98 Å². The molecule has 0 radical (unpaired) electrons. The number of para-hydroxylation sites is 2. The van der Waals surface area contributed by atoms with Crippen LogP contribution in [0.5, 0.6) is 0 Å². The van der Waals surface area contributed by atoms with Gasteiger partial charge in [-0.05, 0) is 50.2 Å². The Balaban J connectivity index is 1.18. The van der Waals surface area contributed by atoms with Crippen LogP contribution in [-0.4, -0.2) is 59.6 Å². The highest BCUT2D eigenvalue weighted by molar-refractivity contribution is 6.30. The summed E-state index contributed by atoms with van der Waals surface area (Å²) in [6, 6.07) is 15.5. The van der Waals surface area contributed by atoms with E-state index in [1.54, 1.807) is 11.5 Å². The van der Waals surface area contributed by atoms with E-state index < -0.39 is 0 Å². The van der Waals surface area contributed by atoms with Crippen LogP contribution in [0, 0.1) is 6.92 Å². The molecule has 1 aliphatic rings. The van der Waals surface area contributed by atoms with Crippen molar-refractivity contribution in [2.45, 2.75) is 26.3 Å². The Hall–Kier alpha value is -2.90. The first kappa shape index (κ1) is 23.3. The summed E-state index contributed by atoms with van der Waals surface area (Å²) in [5.74, 6) is -0.0359. The molecular formula is C25H30ClN5O2. The second-order valence-corrected chi connectivity index (χ2v) is 8.84. The molecule has 0 saturated carbocycles. The van der Waals surface area contributed by atoms with Gasteiger partial charge in [0.05, 0.1) is 11.0 Å². The van der Waals surface area contributed by atoms with E-state index in [-0.39, 0.29) is 17.9 Å². The zero-order valence-electron chi connectivity index (χ0n) is 19.0. The van der Waals surface area contributed by atoms with Gasteiger partial charge in [0.1, 0.15) is 5.69 Å². The second kappa shape index (κ2) is 10.8. The van der Waals surface area contributed by atoms with Crippen LogP contribution in [0.25, 0.3) is 11.0 Å². The van der Waals surface area contributed by atoms with Gasteiger partial charge in [0.2, 0.25) is 5.91 Å². The van der Waals surface area contributed by atoms with Crippen molar-refractivity contribution in [2.75, 3.05) is 44.2 Å². The number of amides is 1. The highest BCUT2D eigenvalue weighted by atomic mass is 35.5. The standard InChI is InChI=1S/C25H30ClN5O2/c1-19-25(33)31(23-9-3-2-8-22(23)28-19)13-10-24(32)27-11-5-12-29-14-16-30(17-15-29)21-7-4-6-20(26)18-21/h2-4,6-9,18H,5,10-17H2,1H3,(H,27,32). The third-order valence-electron chi connectivity index (χ3n) is 6.10. The zero-order chi connectivity index (χ0) is 23.2. The van der Waals surface area contributed by atoms with E-state index in [4.69, 9.17) is 11.6 Å². The lowest BCUT2D eigenvalue weighted by Crippen LogP contribution is -2.47. The van der Waals surface area contributed by atoms with Crippen molar-refractivity contribution in [1.29, 1.82) is 0 Å². The summed E-state index contributed by atoms with van der Waals surface area (Å²) < 4.78 is 1.65. The average molecular weight is 468 g/mol. The predicted molar refractivity (Wildman–Crippen MR) is 133 cm³/mol. The van der Waals surface area contributed by atoms with Crippen molar-refractivity contribution in [3.05, 3.63) is 69.6 Å². The number of hydrogen-bond acceptors (Lipinski definition) is 5. The van der Waals surface area contributed by atoms with Crippen LogP contribution < -0.4 is 15.8 Å². The summed E-state index contributed by atoms with van der Waals surface area (Å²) in [4.78, 5) is 34.0. The topological polar surface area (TPSA) is 70.5 Å². The van der Waals surface area contributed by atoms with E-state index in [9.17, 15) is 9.59 Å². The third-order valence-corrected chi connectivity index (χ3v) is 6.33. The molecule has 2 heterocycles. The maximum absolute atomic E-state index is 12.5. The quantitative estimate of drug-likeness (QED) is 0.515. The molecule has 4 rings (SSSR count). The van der Waals surface area contributed by atoms with Crippen molar-refractivity contribution in [2.24, 2.45) is 0 Å². The van der Waals surface area contributed by atoms with Crippen LogP contribution in [0.2, 0.25) is 5.02 Å². The Morgan fingerprint density at radius 3 is 2.64 bits per heavy atom. The van der Waals surface area contributed by atoms with Crippen molar-refractivity contribution in [3.8, 4) is 0 Å². The molecule has 33 heavy (non-hydrogen) atoms. The number of halogens is 1. The largest absolute Gasteiger partial charge is 0.369 e. The Bertz CT molecular complexity index is 1170. The number of carbonyl (C=O) groups excluding carboxylic acids is 1. The fraction of sp³-hybridized carbons (Fsp3) is 0.400. The lowest BCUT2D eigenvalue weighted by atomic mass is 10.2. The minimum Gasteiger partial charge on any atom is -0.369 e. The van der Waals surface area contributed by atoms with E-state index in [0.29, 0.717) is 18.8 Å². The smallest absolute Gasteiger partial charge is 0.272 e. The number of piperazine rings is 1. The molecule has 3 aromatic rings. The number of nitrogens with one attached hydrogen (secondary N) is 1. The molecule has 1 amide bonds. The monoisotopic (exact) mass is 467 g/mol. The molecule has 1 aliphatic heterocycles. The first-order chi connectivity index (χ1) is 16.0. The highest BCUT2D eigenvalue weighted by Gasteiger charge is 2.17. The van der Waals surface area contributed by atoms with Crippen LogP contribution in [0.3, 0.4) is 0 Å². The SMILES string of the molecule is Cc1nc2ccccc2n(CCC(=O)NCCCN2CCN(c3cccc(Cl)c3)CC2)c1=O. The average Bonchev–Trinajstić information content (AvgIpc) is 2.82. The number of rotatable bonds is 8. The fourth-order valence-corrected chi connectivity index (χ4v) is 4.46. The predicted octanol–water partition coefficient (Wildman–Crippen LogP) is 3.08. The maximum atomic E-state index is 12.5. The number of nitrogens with zero attached hydrogens (tertiary/aromatic N) is 4. The molecule has 1 saturated heterocycles. The van der Waals surface area contributed by atoms with E-state index in [1.807, 2.05) is 42.5 Å². The van der Waals surface area contributed by atoms with Gasteiger partial charge < -0.3 is 14.8 Å². The van der Waals surface area contributed by atoms with E-state index in [1.165, 1.54) is 5.69 Å². The molecule has 1 N–H and O–H groups in total. The number of fused-ring (bicyclic) bond motifs is 1. The van der Waals surface area contributed by atoms with Gasteiger partial charge in [-0.3, -0.25) is 14.5 Å². The molecule has 0 bridgehead atoms. The summed E-state index contributed by atoms with van der Waals surface area (Å²) in [7, 11) is 0. The normalized spacial score (nSPS) is 14.5. The second-order valence-electron chi connectivity index (χ2n) is 8.40. The molecule has 2 aromatic carbocycles. The van der Waals surface area contributed by atoms with Crippen LogP contribution in [0.15, 0.2) is 53.3 Å². The summed E-state index contributed by atoms with van der Waals surface area (Å²) in [5.41, 5.74) is 3.01. The summed E-state index contributed by atoms with van der Waals surface area (Å²) >= 11 is 6.11. The number of hydrogen-bond donors (Lipinski definition) is 1. The molecule has 0 atom stereocenters.